The maximum atomic E-state index is 9.78. The Hall–Kier alpha value is -2.33. The van der Waals surface area contributed by atoms with Gasteiger partial charge in [-0.3, -0.25) is 5.43 Å². The van der Waals surface area contributed by atoms with Gasteiger partial charge in [0.05, 0.1) is 6.10 Å². The lowest BCUT2D eigenvalue weighted by Crippen LogP contribution is -2.57. The maximum absolute atomic E-state index is 9.78. The summed E-state index contributed by atoms with van der Waals surface area (Å²) in [6.07, 6.45) is 3.18. The first kappa shape index (κ1) is 13.6. The van der Waals surface area contributed by atoms with Crippen molar-refractivity contribution in [1.29, 1.82) is 0 Å². The number of aliphatic hydroxyl groups excluding tert-OH is 1. The molecule has 0 radical (unpaired) electrons. The molecular weight excluding hydrogens is 274 g/mol. The van der Waals surface area contributed by atoms with E-state index in [1.54, 1.807) is 0 Å². The lowest BCUT2D eigenvalue weighted by Gasteiger charge is -2.49. The largest absolute Gasteiger partial charge is 0.392 e. The molecule has 0 amide bonds. The Labute approximate surface area is 120 Å². The monoisotopic (exact) mass is 291 g/mol. The zero-order valence-corrected chi connectivity index (χ0v) is 11.7. The molecule has 5 N–H and O–H groups in total. The molecule has 112 valence electrons. The summed E-state index contributed by atoms with van der Waals surface area (Å²) in [5.74, 6) is 6.27. The van der Waals surface area contributed by atoms with E-state index >= 15 is 0 Å². The molecule has 3 rings (SSSR count). The predicted octanol–water partition coefficient (Wildman–Crippen LogP) is -0.691. The molecule has 0 spiro atoms. The van der Waals surface area contributed by atoms with E-state index in [2.05, 4.69) is 35.8 Å². The van der Waals surface area contributed by atoms with E-state index in [0.29, 0.717) is 18.3 Å². The Morgan fingerprint density at radius 2 is 2.10 bits per heavy atom. The van der Waals surface area contributed by atoms with Gasteiger partial charge >= 0.3 is 0 Å². The molecule has 1 aliphatic rings. The fourth-order valence-corrected chi connectivity index (χ4v) is 2.21. The van der Waals surface area contributed by atoms with Gasteiger partial charge < -0.3 is 10.4 Å². The molecule has 2 aromatic heterocycles. The second-order valence-corrected chi connectivity index (χ2v) is 5.54. The quantitative estimate of drug-likeness (QED) is 0.425. The van der Waals surface area contributed by atoms with Gasteiger partial charge in [-0.1, -0.05) is 13.8 Å². The van der Waals surface area contributed by atoms with Gasteiger partial charge in [0.25, 0.3) is 5.95 Å². The van der Waals surface area contributed by atoms with Gasteiger partial charge in [-0.05, 0) is 6.42 Å². The Balaban J connectivity index is 1.87. The van der Waals surface area contributed by atoms with Crippen molar-refractivity contribution < 1.29 is 5.11 Å². The second-order valence-electron chi connectivity index (χ2n) is 5.54. The van der Waals surface area contributed by atoms with Crippen LogP contribution in [0.2, 0.25) is 0 Å². The number of hydrogen-bond acceptors (Lipinski definition) is 9. The van der Waals surface area contributed by atoms with Crippen LogP contribution >= 0.6 is 0 Å². The number of aromatic nitrogens is 6. The van der Waals surface area contributed by atoms with Crippen molar-refractivity contribution in [3.8, 4) is 5.95 Å². The summed E-state index contributed by atoms with van der Waals surface area (Å²) in [6, 6.07) is 0.0733. The van der Waals surface area contributed by atoms with Crippen LogP contribution in [0.5, 0.6) is 0 Å². The van der Waals surface area contributed by atoms with E-state index in [0.717, 1.165) is 0 Å². The highest BCUT2D eigenvalue weighted by Crippen LogP contribution is 2.41. The molecule has 1 aliphatic carbocycles. The SMILES string of the molecule is CC1(C)C(O)CC1Nc1nc(NN)nc(-n2cncn2)n1. The molecule has 2 atom stereocenters. The van der Waals surface area contributed by atoms with Crippen molar-refractivity contribution in [2.45, 2.75) is 32.4 Å². The Bertz CT molecular complexity index is 627. The van der Waals surface area contributed by atoms with Gasteiger partial charge in [-0.25, -0.2) is 10.8 Å². The second kappa shape index (κ2) is 4.90. The molecule has 0 aromatic carbocycles. The van der Waals surface area contributed by atoms with E-state index in [4.69, 9.17) is 5.84 Å². The predicted molar refractivity (Wildman–Crippen MR) is 74.4 cm³/mol. The topological polar surface area (TPSA) is 140 Å². The van der Waals surface area contributed by atoms with Crippen molar-refractivity contribution >= 4 is 11.9 Å². The van der Waals surface area contributed by atoms with E-state index in [1.807, 2.05) is 13.8 Å². The van der Waals surface area contributed by atoms with Crippen LogP contribution in [0, 0.1) is 5.41 Å². The zero-order valence-electron chi connectivity index (χ0n) is 11.7. The highest BCUT2D eigenvalue weighted by atomic mass is 16.3. The number of rotatable bonds is 4. The number of aliphatic hydroxyl groups is 1. The highest BCUT2D eigenvalue weighted by molar-refractivity contribution is 5.38. The highest BCUT2D eigenvalue weighted by Gasteiger charge is 2.47. The van der Waals surface area contributed by atoms with Crippen LogP contribution in [0.1, 0.15) is 20.3 Å². The standard InChI is InChI=1S/C11H17N9O/c1-11(2)6(3-7(11)21)15-8-16-9(19-12)18-10(17-8)20-5-13-4-14-20/h4-7,21H,3,12H2,1-2H3,(H2,15,16,17,18,19). The van der Waals surface area contributed by atoms with E-state index in [9.17, 15) is 5.11 Å². The fraction of sp³-hybridized carbons (Fsp3) is 0.545. The van der Waals surface area contributed by atoms with Gasteiger partial charge in [0.15, 0.2) is 0 Å². The fourth-order valence-electron chi connectivity index (χ4n) is 2.21. The third-order valence-electron chi connectivity index (χ3n) is 3.90. The third kappa shape index (κ3) is 2.38. The molecule has 2 aromatic rings. The van der Waals surface area contributed by atoms with E-state index < -0.39 is 0 Å². The molecule has 1 saturated carbocycles. The molecule has 0 bridgehead atoms. The van der Waals surface area contributed by atoms with Crippen LogP contribution in [0.25, 0.3) is 5.95 Å². The first-order chi connectivity index (χ1) is 10.0. The molecule has 2 heterocycles. The molecule has 10 heteroatoms. The van der Waals surface area contributed by atoms with Crippen molar-refractivity contribution in [1.82, 2.24) is 29.7 Å². The van der Waals surface area contributed by atoms with Crippen molar-refractivity contribution in [2.24, 2.45) is 11.3 Å². The summed E-state index contributed by atoms with van der Waals surface area (Å²) in [5, 5.41) is 17.0. The maximum Gasteiger partial charge on any atom is 0.258 e. The lowest BCUT2D eigenvalue weighted by atomic mass is 9.65. The number of nitrogens with two attached hydrogens (primary N) is 1. The van der Waals surface area contributed by atoms with Gasteiger partial charge in [0.1, 0.15) is 12.7 Å². The first-order valence-corrected chi connectivity index (χ1v) is 6.53. The van der Waals surface area contributed by atoms with Crippen molar-refractivity contribution in [3.63, 3.8) is 0 Å². The molecule has 21 heavy (non-hydrogen) atoms. The minimum absolute atomic E-state index is 0.0733. The summed E-state index contributed by atoms with van der Waals surface area (Å²) in [5.41, 5.74) is 2.16. The van der Waals surface area contributed by atoms with Crippen LogP contribution in [0.4, 0.5) is 11.9 Å². The summed E-state index contributed by atoms with van der Waals surface area (Å²) in [7, 11) is 0. The van der Waals surface area contributed by atoms with E-state index in [-0.39, 0.29) is 23.5 Å². The molecule has 2 unspecified atom stereocenters. The van der Waals surface area contributed by atoms with E-state index in [1.165, 1.54) is 17.3 Å². The summed E-state index contributed by atoms with van der Waals surface area (Å²) in [4.78, 5) is 16.4. The summed E-state index contributed by atoms with van der Waals surface area (Å²) >= 11 is 0. The smallest absolute Gasteiger partial charge is 0.258 e. The third-order valence-corrected chi connectivity index (χ3v) is 3.90. The van der Waals surface area contributed by atoms with Gasteiger partial charge in [0.2, 0.25) is 11.9 Å². The molecule has 10 nitrogen and oxygen atoms in total. The number of nitrogens with one attached hydrogen (secondary N) is 2. The first-order valence-electron chi connectivity index (χ1n) is 6.53. The minimum atomic E-state index is -0.335. The molecule has 1 fully saturated rings. The van der Waals surface area contributed by atoms with Gasteiger partial charge in [-0.15, -0.1) is 0 Å². The minimum Gasteiger partial charge on any atom is -0.392 e. The molecule has 0 aliphatic heterocycles. The number of hydrazine groups is 1. The average molecular weight is 291 g/mol. The Morgan fingerprint density at radius 1 is 1.33 bits per heavy atom. The van der Waals surface area contributed by atoms with Gasteiger partial charge in [0, 0.05) is 11.5 Å². The Kier molecular flexibility index (Phi) is 3.18. The normalized spacial score (nSPS) is 23.4. The van der Waals surface area contributed by atoms with Crippen LogP contribution in [0.3, 0.4) is 0 Å². The van der Waals surface area contributed by atoms with Gasteiger partial charge in [-0.2, -0.15) is 24.7 Å². The van der Waals surface area contributed by atoms with Crippen molar-refractivity contribution in [2.75, 3.05) is 10.7 Å². The number of nitrogens with zero attached hydrogens (tertiary/aromatic N) is 6. The lowest BCUT2D eigenvalue weighted by molar-refractivity contribution is -0.0512. The number of anilines is 2. The number of nitrogen functional groups attached to an aromatic ring is 1. The average Bonchev–Trinajstić information content (AvgIpc) is 3.01. The molecule has 0 saturated heterocycles. The van der Waals surface area contributed by atoms with Crippen molar-refractivity contribution in [3.05, 3.63) is 12.7 Å². The molecular formula is C11H17N9O. The summed E-state index contributed by atoms with van der Waals surface area (Å²) in [6.45, 7) is 3.97. The van der Waals surface area contributed by atoms with Crippen LogP contribution in [0.15, 0.2) is 12.7 Å². The Morgan fingerprint density at radius 3 is 2.67 bits per heavy atom. The van der Waals surface area contributed by atoms with Crippen LogP contribution in [-0.4, -0.2) is 47.0 Å². The van der Waals surface area contributed by atoms with Crippen LogP contribution < -0.4 is 16.6 Å². The zero-order chi connectivity index (χ0) is 15.0. The summed E-state index contributed by atoms with van der Waals surface area (Å²) < 4.78 is 1.41. The van der Waals surface area contributed by atoms with Crippen LogP contribution in [-0.2, 0) is 0 Å². The number of hydrogen-bond donors (Lipinski definition) is 4.